The standard InChI is InChI=1S/C15H21N3/c1-5-12-8-13(16)17-18-15(12)14-10(3)6-9(2)7-11(14)4/h6-7,12H,5,8H2,1-4H3,(H2,16,17). The molecule has 2 rings (SSSR count). The van der Waals surface area contributed by atoms with E-state index in [2.05, 4.69) is 50.0 Å². The topological polar surface area (TPSA) is 50.7 Å². The molecule has 1 unspecified atom stereocenters. The predicted molar refractivity (Wildman–Crippen MR) is 77.2 cm³/mol. The van der Waals surface area contributed by atoms with Crippen molar-refractivity contribution < 1.29 is 0 Å². The highest BCUT2D eigenvalue weighted by atomic mass is 15.2. The number of rotatable bonds is 2. The molecule has 0 amide bonds. The second kappa shape index (κ2) is 4.92. The average molecular weight is 243 g/mol. The molecule has 0 aromatic heterocycles. The summed E-state index contributed by atoms with van der Waals surface area (Å²) in [4.78, 5) is 0. The van der Waals surface area contributed by atoms with Gasteiger partial charge in [-0.1, -0.05) is 24.6 Å². The van der Waals surface area contributed by atoms with Crippen LogP contribution in [0.1, 0.15) is 42.0 Å². The van der Waals surface area contributed by atoms with Crippen molar-refractivity contribution in [3.63, 3.8) is 0 Å². The van der Waals surface area contributed by atoms with Gasteiger partial charge >= 0.3 is 0 Å². The molecular formula is C15H21N3. The molecule has 3 nitrogen and oxygen atoms in total. The summed E-state index contributed by atoms with van der Waals surface area (Å²) in [6.07, 6.45) is 1.86. The summed E-state index contributed by atoms with van der Waals surface area (Å²) in [5.41, 5.74) is 12.0. The average Bonchev–Trinajstić information content (AvgIpc) is 2.29. The molecule has 0 spiro atoms. The molecule has 1 aromatic rings. The van der Waals surface area contributed by atoms with Gasteiger partial charge in [-0.15, -0.1) is 5.10 Å². The van der Waals surface area contributed by atoms with Crippen LogP contribution in [0, 0.1) is 26.7 Å². The molecule has 96 valence electrons. The van der Waals surface area contributed by atoms with E-state index in [0.717, 1.165) is 18.6 Å². The van der Waals surface area contributed by atoms with Crippen LogP contribution in [0.3, 0.4) is 0 Å². The molecule has 1 aliphatic heterocycles. The first-order valence-electron chi connectivity index (χ1n) is 6.51. The minimum absolute atomic E-state index is 0.391. The van der Waals surface area contributed by atoms with Crippen LogP contribution in [0.2, 0.25) is 0 Å². The lowest BCUT2D eigenvalue weighted by Crippen LogP contribution is -2.27. The summed E-state index contributed by atoms with van der Waals surface area (Å²) in [6, 6.07) is 4.42. The third-order valence-corrected chi connectivity index (χ3v) is 3.55. The quantitative estimate of drug-likeness (QED) is 0.852. The van der Waals surface area contributed by atoms with E-state index in [1.807, 2.05) is 0 Å². The summed E-state index contributed by atoms with van der Waals surface area (Å²) in [7, 11) is 0. The summed E-state index contributed by atoms with van der Waals surface area (Å²) in [6.45, 7) is 8.59. The zero-order chi connectivity index (χ0) is 13.3. The van der Waals surface area contributed by atoms with E-state index in [1.165, 1.54) is 22.3 Å². The van der Waals surface area contributed by atoms with Gasteiger partial charge in [-0.3, -0.25) is 0 Å². The van der Waals surface area contributed by atoms with Crippen LogP contribution in [0.4, 0.5) is 0 Å². The monoisotopic (exact) mass is 243 g/mol. The van der Waals surface area contributed by atoms with Crippen molar-refractivity contribution in [1.82, 2.24) is 0 Å². The van der Waals surface area contributed by atoms with Crippen LogP contribution < -0.4 is 5.73 Å². The first-order valence-corrected chi connectivity index (χ1v) is 6.51. The van der Waals surface area contributed by atoms with Gasteiger partial charge < -0.3 is 5.73 Å². The largest absolute Gasteiger partial charge is 0.386 e. The smallest absolute Gasteiger partial charge is 0.123 e. The molecule has 0 radical (unpaired) electrons. The van der Waals surface area contributed by atoms with Crippen LogP contribution >= 0.6 is 0 Å². The van der Waals surface area contributed by atoms with Gasteiger partial charge in [0.2, 0.25) is 0 Å². The summed E-state index contributed by atoms with van der Waals surface area (Å²) >= 11 is 0. The zero-order valence-corrected chi connectivity index (χ0v) is 11.6. The fourth-order valence-electron chi connectivity index (χ4n) is 2.77. The Morgan fingerprint density at radius 1 is 1.17 bits per heavy atom. The van der Waals surface area contributed by atoms with Crippen molar-refractivity contribution in [3.8, 4) is 0 Å². The van der Waals surface area contributed by atoms with Gasteiger partial charge in [-0.05, 0) is 38.3 Å². The van der Waals surface area contributed by atoms with Gasteiger partial charge in [0.25, 0.3) is 0 Å². The number of amidine groups is 1. The summed E-state index contributed by atoms with van der Waals surface area (Å²) in [5.74, 6) is 1.04. The molecule has 0 saturated carbocycles. The molecule has 0 bridgehead atoms. The van der Waals surface area contributed by atoms with E-state index in [9.17, 15) is 0 Å². The SMILES string of the molecule is CCC1CC(N)=NN=C1c1c(C)cc(C)cc1C. The van der Waals surface area contributed by atoms with Crippen molar-refractivity contribution >= 4 is 11.5 Å². The number of hydrogen-bond donors (Lipinski definition) is 1. The molecular weight excluding hydrogens is 222 g/mol. The Balaban J connectivity index is 2.54. The van der Waals surface area contributed by atoms with Gasteiger partial charge in [0.05, 0.1) is 5.71 Å². The lowest BCUT2D eigenvalue weighted by molar-refractivity contribution is 0.676. The summed E-state index contributed by atoms with van der Waals surface area (Å²) in [5, 5.41) is 8.44. The van der Waals surface area contributed by atoms with E-state index in [-0.39, 0.29) is 0 Å². The van der Waals surface area contributed by atoms with Gasteiger partial charge in [0.15, 0.2) is 0 Å². The molecule has 1 aliphatic rings. The molecule has 1 atom stereocenters. The Morgan fingerprint density at radius 3 is 2.33 bits per heavy atom. The van der Waals surface area contributed by atoms with Gasteiger partial charge in [0, 0.05) is 17.9 Å². The highest BCUT2D eigenvalue weighted by molar-refractivity contribution is 6.07. The molecule has 0 fully saturated rings. The van der Waals surface area contributed by atoms with Crippen LogP contribution in [0.25, 0.3) is 0 Å². The molecule has 1 heterocycles. The van der Waals surface area contributed by atoms with Crippen molar-refractivity contribution in [3.05, 3.63) is 34.4 Å². The van der Waals surface area contributed by atoms with E-state index < -0.39 is 0 Å². The maximum absolute atomic E-state index is 5.78. The van der Waals surface area contributed by atoms with Crippen LogP contribution in [-0.4, -0.2) is 11.5 Å². The normalized spacial score (nSPS) is 19.4. The highest BCUT2D eigenvalue weighted by Crippen LogP contribution is 2.26. The lowest BCUT2D eigenvalue weighted by atomic mass is 9.85. The Morgan fingerprint density at radius 2 is 1.78 bits per heavy atom. The Hall–Kier alpha value is -1.64. The first-order chi connectivity index (χ1) is 8.52. The maximum atomic E-state index is 5.78. The van der Waals surface area contributed by atoms with Gasteiger partial charge in [-0.25, -0.2) is 0 Å². The van der Waals surface area contributed by atoms with E-state index in [4.69, 9.17) is 5.73 Å². The number of hydrogen-bond acceptors (Lipinski definition) is 3. The van der Waals surface area contributed by atoms with E-state index in [1.54, 1.807) is 0 Å². The summed E-state index contributed by atoms with van der Waals surface area (Å²) < 4.78 is 0. The molecule has 0 aliphatic carbocycles. The minimum atomic E-state index is 0.391. The Labute approximate surface area is 109 Å². The van der Waals surface area contributed by atoms with E-state index in [0.29, 0.717) is 11.8 Å². The number of aryl methyl sites for hydroxylation is 3. The zero-order valence-electron chi connectivity index (χ0n) is 11.6. The van der Waals surface area contributed by atoms with Crippen molar-refractivity contribution in [2.24, 2.45) is 21.9 Å². The van der Waals surface area contributed by atoms with Crippen LogP contribution in [0.15, 0.2) is 22.3 Å². The van der Waals surface area contributed by atoms with Crippen molar-refractivity contribution in [1.29, 1.82) is 0 Å². The van der Waals surface area contributed by atoms with Crippen molar-refractivity contribution in [2.75, 3.05) is 0 Å². The number of benzene rings is 1. The Kier molecular flexibility index (Phi) is 3.50. The lowest BCUT2D eigenvalue weighted by Gasteiger charge is -2.23. The number of nitrogens with two attached hydrogens (primary N) is 1. The molecule has 0 saturated heterocycles. The van der Waals surface area contributed by atoms with Crippen LogP contribution in [-0.2, 0) is 0 Å². The second-order valence-electron chi connectivity index (χ2n) is 5.16. The maximum Gasteiger partial charge on any atom is 0.123 e. The molecule has 3 heteroatoms. The molecule has 1 aromatic carbocycles. The fraction of sp³-hybridized carbons (Fsp3) is 0.467. The first kappa shape index (κ1) is 12.8. The third kappa shape index (κ3) is 2.30. The van der Waals surface area contributed by atoms with Gasteiger partial charge in [0.1, 0.15) is 5.84 Å². The second-order valence-corrected chi connectivity index (χ2v) is 5.16. The van der Waals surface area contributed by atoms with Gasteiger partial charge in [-0.2, -0.15) is 5.10 Å². The fourth-order valence-corrected chi connectivity index (χ4v) is 2.77. The van der Waals surface area contributed by atoms with E-state index >= 15 is 0 Å². The van der Waals surface area contributed by atoms with Crippen LogP contribution in [0.5, 0.6) is 0 Å². The third-order valence-electron chi connectivity index (χ3n) is 3.55. The Bertz CT molecular complexity index is 504. The van der Waals surface area contributed by atoms with Crippen molar-refractivity contribution in [2.45, 2.75) is 40.5 Å². The highest BCUT2D eigenvalue weighted by Gasteiger charge is 2.23. The molecule has 2 N–H and O–H groups in total. The predicted octanol–water partition coefficient (Wildman–Crippen LogP) is 3.10. The minimum Gasteiger partial charge on any atom is -0.386 e. The number of nitrogens with zero attached hydrogens (tertiary/aromatic N) is 2. The molecule has 18 heavy (non-hydrogen) atoms.